The number of anilines is 1. The monoisotopic (exact) mass is 595 g/mol. The molecular weight excluding hydrogens is 566 g/mol. The Morgan fingerprint density at radius 3 is 2.50 bits per heavy atom. The van der Waals surface area contributed by atoms with E-state index in [4.69, 9.17) is 4.98 Å². The number of aromatic nitrogens is 3. The van der Waals surface area contributed by atoms with Crippen molar-refractivity contribution < 1.29 is 26.0 Å². The first-order valence-electron chi connectivity index (χ1n) is 12.8. The first kappa shape index (κ1) is 28.5. The van der Waals surface area contributed by atoms with Crippen molar-refractivity contribution in [3.8, 4) is 17.1 Å². The van der Waals surface area contributed by atoms with Crippen molar-refractivity contribution in [2.24, 2.45) is 0 Å². The van der Waals surface area contributed by atoms with Crippen LogP contribution in [0, 0.1) is 5.82 Å². The predicted octanol–water partition coefficient (Wildman–Crippen LogP) is 5.70. The molecule has 0 saturated carbocycles. The molecule has 0 amide bonds. The number of benzene rings is 1. The summed E-state index contributed by atoms with van der Waals surface area (Å²) in [6.45, 7) is 3.96. The first-order chi connectivity index (χ1) is 18.8. The Balaban J connectivity index is 1.43. The Bertz CT molecular complexity index is 1600. The Labute approximate surface area is 233 Å². The van der Waals surface area contributed by atoms with E-state index < -0.39 is 28.4 Å². The van der Waals surface area contributed by atoms with Gasteiger partial charge >= 0.3 is 6.18 Å². The lowest BCUT2D eigenvalue weighted by molar-refractivity contribution is -0.115. The Morgan fingerprint density at radius 2 is 1.85 bits per heavy atom. The quantitative estimate of drug-likeness (QED) is 0.263. The maximum atomic E-state index is 14.6. The smallest absolute Gasteiger partial charge is 0.374 e. The fourth-order valence-electron chi connectivity index (χ4n) is 4.96. The van der Waals surface area contributed by atoms with Gasteiger partial charge in [-0.15, -0.1) is 11.3 Å². The van der Waals surface area contributed by atoms with Crippen LogP contribution in [0.2, 0.25) is 0 Å². The van der Waals surface area contributed by atoms with Crippen molar-refractivity contribution in [3.05, 3.63) is 58.8 Å². The number of halogens is 4. The SMILES string of the molecule is CC(C)(CCc1cn(-c2cscn2)c2nc(-c3ccc(NCC(F)(F)F)c(F)c3)ccc12)N1CCS(=O)(=O)CC1. The summed E-state index contributed by atoms with van der Waals surface area (Å²) in [5, 5.41) is 4.89. The molecule has 7 nitrogen and oxygen atoms in total. The molecule has 214 valence electrons. The highest BCUT2D eigenvalue weighted by atomic mass is 32.2. The normalized spacial score (nSPS) is 16.4. The molecule has 1 saturated heterocycles. The molecule has 13 heteroatoms. The number of alkyl halides is 3. The van der Waals surface area contributed by atoms with E-state index in [1.807, 2.05) is 22.2 Å². The third kappa shape index (κ3) is 6.31. The second-order valence-corrected chi connectivity index (χ2v) is 13.6. The standard InChI is InChI=1S/C27H29F4N5O2S2/c1-26(2,35-9-11-40(37,38)12-10-35)8-7-19-14-36(24-15-39-17-33-24)25-20(19)4-6-22(34-25)18-3-5-23(21(28)13-18)32-16-27(29,30)31/h3-6,13-15,17,32H,7-12,16H2,1-2H3. The lowest BCUT2D eigenvalue weighted by Crippen LogP contribution is -2.51. The van der Waals surface area contributed by atoms with Crippen molar-refractivity contribution >= 4 is 37.9 Å². The zero-order valence-corrected chi connectivity index (χ0v) is 23.6. The summed E-state index contributed by atoms with van der Waals surface area (Å²) in [5.74, 6) is 0.245. The van der Waals surface area contributed by atoms with Crippen LogP contribution in [0.4, 0.5) is 23.2 Å². The number of hydrogen-bond acceptors (Lipinski definition) is 7. The lowest BCUT2D eigenvalue weighted by Gasteiger charge is -2.41. The molecule has 0 spiro atoms. The molecule has 1 aliphatic heterocycles. The van der Waals surface area contributed by atoms with Gasteiger partial charge in [-0.3, -0.25) is 9.47 Å². The predicted molar refractivity (Wildman–Crippen MR) is 149 cm³/mol. The highest BCUT2D eigenvalue weighted by molar-refractivity contribution is 7.91. The number of aryl methyl sites for hydroxylation is 1. The van der Waals surface area contributed by atoms with Crippen LogP contribution in [0.15, 0.2) is 47.4 Å². The van der Waals surface area contributed by atoms with Gasteiger partial charge in [-0.25, -0.2) is 22.8 Å². The molecule has 0 radical (unpaired) electrons. The number of fused-ring (bicyclic) bond motifs is 1. The summed E-state index contributed by atoms with van der Waals surface area (Å²) in [6, 6.07) is 7.68. The Hall–Kier alpha value is -3.03. The molecular formula is C27H29F4N5O2S2. The highest BCUT2D eigenvalue weighted by Gasteiger charge is 2.32. The number of thiazole rings is 1. The van der Waals surface area contributed by atoms with Crippen molar-refractivity contribution in [1.29, 1.82) is 0 Å². The third-order valence-corrected chi connectivity index (χ3v) is 9.53. The zero-order chi connectivity index (χ0) is 28.7. The molecule has 4 aromatic rings. The second kappa shape index (κ2) is 10.7. The van der Waals surface area contributed by atoms with Gasteiger partial charge in [0.1, 0.15) is 23.8 Å². The van der Waals surface area contributed by atoms with Crippen molar-refractivity contribution in [1.82, 2.24) is 19.4 Å². The maximum absolute atomic E-state index is 14.6. The fourth-order valence-corrected chi connectivity index (χ4v) is 6.69. The zero-order valence-electron chi connectivity index (χ0n) is 22.0. The number of sulfone groups is 1. The number of rotatable bonds is 8. The fraction of sp³-hybridized carbons (Fsp3) is 0.407. The summed E-state index contributed by atoms with van der Waals surface area (Å²) >= 11 is 1.45. The molecule has 3 aromatic heterocycles. The molecule has 5 rings (SSSR count). The summed E-state index contributed by atoms with van der Waals surface area (Å²) in [5.41, 5.74) is 3.88. The van der Waals surface area contributed by atoms with E-state index in [1.165, 1.54) is 29.5 Å². The van der Waals surface area contributed by atoms with Gasteiger partial charge in [0.15, 0.2) is 9.84 Å². The number of nitrogens with one attached hydrogen (secondary N) is 1. The minimum atomic E-state index is -4.46. The number of hydrogen-bond donors (Lipinski definition) is 1. The third-order valence-electron chi connectivity index (χ3n) is 7.35. The van der Waals surface area contributed by atoms with Crippen LogP contribution < -0.4 is 5.32 Å². The summed E-state index contributed by atoms with van der Waals surface area (Å²) in [4.78, 5) is 11.5. The molecule has 1 aromatic carbocycles. The number of nitrogens with zero attached hydrogens (tertiary/aromatic N) is 4. The molecule has 1 aliphatic rings. The van der Waals surface area contributed by atoms with Crippen LogP contribution in [0.1, 0.15) is 25.8 Å². The van der Waals surface area contributed by atoms with Crippen molar-refractivity contribution in [2.75, 3.05) is 36.5 Å². The van der Waals surface area contributed by atoms with Crippen LogP contribution in [-0.2, 0) is 16.3 Å². The van der Waals surface area contributed by atoms with Gasteiger partial charge in [-0.05, 0) is 56.5 Å². The number of pyridine rings is 1. The van der Waals surface area contributed by atoms with Crippen LogP contribution in [0.5, 0.6) is 0 Å². The molecule has 1 fully saturated rings. The molecule has 0 bridgehead atoms. The van der Waals surface area contributed by atoms with E-state index in [2.05, 4.69) is 29.0 Å². The minimum Gasteiger partial charge on any atom is -0.374 e. The van der Waals surface area contributed by atoms with Crippen LogP contribution in [0.25, 0.3) is 28.1 Å². The molecule has 40 heavy (non-hydrogen) atoms. The van der Waals surface area contributed by atoms with Gasteiger partial charge in [0.2, 0.25) is 0 Å². The van der Waals surface area contributed by atoms with Crippen LogP contribution in [0.3, 0.4) is 0 Å². The molecule has 0 atom stereocenters. The summed E-state index contributed by atoms with van der Waals surface area (Å²) in [6.07, 6.45) is -0.945. The largest absolute Gasteiger partial charge is 0.405 e. The average Bonchev–Trinajstić information content (AvgIpc) is 3.54. The van der Waals surface area contributed by atoms with Crippen LogP contribution >= 0.6 is 11.3 Å². The Kier molecular flexibility index (Phi) is 7.66. The van der Waals surface area contributed by atoms with Crippen molar-refractivity contribution in [3.63, 3.8) is 0 Å². The minimum absolute atomic E-state index is 0.173. The average molecular weight is 596 g/mol. The molecule has 4 heterocycles. The summed E-state index contributed by atoms with van der Waals surface area (Å²) in [7, 11) is -2.97. The second-order valence-electron chi connectivity index (χ2n) is 10.6. The van der Waals surface area contributed by atoms with E-state index >= 15 is 0 Å². The van der Waals surface area contributed by atoms with Gasteiger partial charge in [-0.1, -0.05) is 6.07 Å². The van der Waals surface area contributed by atoms with Crippen molar-refractivity contribution in [2.45, 2.75) is 38.4 Å². The topological polar surface area (TPSA) is 80.1 Å². The maximum Gasteiger partial charge on any atom is 0.405 e. The van der Waals surface area contributed by atoms with E-state index in [1.54, 1.807) is 11.6 Å². The molecule has 0 unspecified atom stereocenters. The van der Waals surface area contributed by atoms with Crippen LogP contribution in [-0.4, -0.2) is 70.7 Å². The van der Waals surface area contributed by atoms with Gasteiger partial charge in [0.25, 0.3) is 0 Å². The van der Waals surface area contributed by atoms with E-state index in [0.717, 1.165) is 23.8 Å². The van der Waals surface area contributed by atoms with E-state index in [9.17, 15) is 26.0 Å². The molecule has 1 N–H and O–H groups in total. The lowest BCUT2D eigenvalue weighted by atomic mass is 9.93. The highest BCUT2D eigenvalue weighted by Crippen LogP contribution is 2.32. The van der Waals surface area contributed by atoms with E-state index in [0.29, 0.717) is 35.8 Å². The van der Waals surface area contributed by atoms with Gasteiger partial charge in [0.05, 0.1) is 28.4 Å². The van der Waals surface area contributed by atoms with E-state index in [-0.39, 0.29) is 22.7 Å². The van der Waals surface area contributed by atoms with Gasteiger partial charge in [0, 0.05) is 41.2 Å². The first-order valence-corrected chi connectivity index (χ1v) is 15.5. The molecule has 0 aliphatic carbocycles. The van der Waals surface area contributed by atoms with Gasteiger partial charge < -0.3 is 5.32 Å². The Morgan fingerprint density at radius 1 is 1.10 bits per heavy atom. The van der Waals surface area contributed by atoms with Gasteiger partial charge in [-0.2, -0.15) is 13.2 Å². The summed E-state index contributed by atoms with van der Waals surface area (Å²) < 4.78 is 77.9.